The van der Waals surface area contributed by atoms with Crippen LogP contribution < -0.4 is 16.4 Å². The molecule has 98 valence electrons. The fourth-order valence-electron chi connectivity index (χ4n) is 2.26. The van der Waals surface area contributed by atoms with Gasteiger partial charge >= 0.3 is 0 Å². The van der Waals surface area contributed by atoms with E-state index in [2.05, 4.69) is 15.6 Å². The van der Waals surface area contributed by atoms with Crippen LogP contribution in [0.25, 0.3) is 0 Å². The molecule has 1 aromatic heterocycles. The highest BCUT2D eigenvalue weighted by Crippen LogP contribution is 2.15. The van der Waals surface area contributed by atoms with Crippen molar-refractivity contribution in [3.8, 4) is 0 Å². The van der Waals surface area contributed by atoms with E-state index in [4.69, 9.17) is 5.73 Å². The van der Waals surface area contributed by atoms with Crippen molar-refractivity contribution >= 4 is 11.7 Å². The Morgan fingerprint density at radius 3 is 3.06 bits per heavy atom. The molecule has 1 aromatic rings. The Morgan fingerprint density at radius 1 is 1.44 bits per heavy atom. The summed E-state index contributed by atoms with van der Waals surface area (Å²) in [6.07, 6.45) is 3.35. The van der Waals surface area contributed by atoms with Gasteiger partial charge < -0.3 is 16.4 Å². The van der Waals surface area contributed by atoms with Gasteiger partial charge in [-0.25, -0.2) is 4.98 Å². The van der Waals surface area contributed by atoms with E-state index >= 15 is 0 Å². The molecule has 1 unspecified atom stereocenters. The zero-order valence-electron chi connectivity index (χ0n) is 10.7. The maximum Gasteiger partial charge on any atom is 0.248 e. The smallest absolute Gasteiger partial charge is 0.248 e. The molecule has 0 radical (unpaired) electrons. The Bertz CT molecular complexity index is 425. The van der Waals surface area contributed by atoms with Crippen molar-refractivity contribution in [2.45, 2.75) is 32.2 Å². The van der Waals surface area contributed by atoms with Gasteiger partial charge in [-0.05, 0) is 51.4 Å². The lowest BCUT2D eigenvalue weighted by Gasteiger charge is -2.17. The van der Waals surface area contributed by atoms with Crippen LogP contribution in [0, 0.1) is 6.92 Å². The third-order valence-corrected chi connectivity index (χ3v) is 3.17. The van der Waals surface area contributed by atoms with E-state index in [1.54, 1.807) is 12.1 Å². The molecule has 18 heavy (non-hydrogen) atoms. The first-order valence-corrected chi connectivity index (χ1v) is 6.41. The Balaban J connectivity index is 2.10. The van der Waals surface area contributed by atoms with Crippen LogP contribution in [0.4, 0.5) is 5.82 Å². The van der Waals surface area contributed by atoms with E-state index in [1.165, 1.54) is 0 Å². The van der Waals surface area contributed by atoms with Crippen LogP contribution >= 0.6 is 0 Å². The Kier molecular flexibility index (Phi) is 4.15. The molecular weight excluding hydrogens is 228 g/mol. The number of nitrogens with two attached hydrogens (primary N) is 1. The van der Waals surface area contributed by atoms with E-state index in [0.29, 0.717) is 11.6 Å². The van der Waals surface area contributed by atoms with E-state index in [9.17, 15) is 4.79 Å². The molecular formula is C13H20N4O. The zero-order valence-corrected chi connectivity index (χ0v) is 10.7. The average Bonchev–Trinajstić information content (AvgIpc) is 2.57. The third kappa shape index (κ3) is 3.43. The van der Waals surface area contributed by atoms with Gasteiger partial charge in [-0.3, -0.25) is 4.79 Å². The summed E-state index contributed by atoms with van der Waals surface area (Å²) in [5.41, 5.74) is 6.62. The summed E-state index contributed by atoms with van der Waals surface area (Å²) < 4.78 is 0. The van der Waals surface area contributed by atoms with Gasteiger partial charge in [0.2, 0.25) is 5.91 Å². The minimum atomic E-state index is -0.411. The molecule has 0 aromatic carbocycles. The number of aryl methyl sites for hydroxylation is 1. The highest BCUT2D eigenvalue weighted by molar-refractivity contribution is 5.93. The number of anilines is 1. The van der Waals surface area contributed by atoms with Gasteiger partial charge in [0.15, 0.2) is 0 Å². The van der Waals surface area contributed by atoms with Crippen molar-refractivity contribution in [1.29, 1.82) is 0 Å². The lowest BCUT2D eigenvalue weighted by molar-refractivity contribution is 0.1000. The molecule has 5 nitrogen and oxygen atoms in total. The average molecular weight is 248 g/mol. The summed E-state index contributed by atoms with van der Waals surface area (Å²) >= 11 is 0. The molecule has 0 bridgehead atoms. The molecule has 1 atom stereocenters. The SMILES string of the molecule is Cc1cc(C(N)=O)cc(NC2CCCNCC2)n1. The second-order valence-corrected chi connectivity index (χ2v) is 4.77. The molecule has 1 aliphatic rings. The van der Waals surface area contributed by atoms with Gasteiger partial charge in [-0.2, -0.15) is 0 Å². The van der Waals surface area contributed by atoms with E-state index in [1.807, 2.05) is 6.92 Å². The van der Waals surface area contributed by atoms with Crippen LogP contribution in [-0.2, 0) is 0 Å². The molecule has 1 fully saturated rings. The Morgan fingerprint density at radius 2 is 2.28 bits per heavy atom. The van der Waals surface area contributed by atoms with E-state index in [-0.39, 0.29) is 0 Å². The van der Waals surface area contributed by atoms with Gasteiger partial charge in [0, 0.05) is 17.3 Å². The molecule has 5 heteroatoms. The first-order valence-electron chi connectivity index (χ1n) is 6.41. The number of carbonyl (C=O) groups is 1. The second kappa shape index (κ2) is 5.82. The minimum absolute atomic E-state index is 0.411. The van der Waals surface area contributed by atoms with Crippen LogP contribution in [0.2, 0.25) is 0 Å². The zero-order chi connectivity index (χ0) is 13.0. The summed E-state index contributed by atoms with van der Waals surface area (Å²) in [5, 5.41) is 6.77. The lowest BCUT2D eigenvalue weighted by Crippen LogP contribution is -2.22. The first-order chi connectivity index (χ1) is 8.65. The van der Waals surface area contributed by atoms with Crippen LogP contribution in [0.5, 0.6) is 0 Å². The van der Waals surface area contributed by atoms with Crippen molar-refractivity contribution in [2.24, 2.45) is 5.73 Å². The summed E-state index contributed by atoms with van der Waals surface area (Å²) in [4.78, 5) is 15.6. The molecule has 1 amide bonds. The highest BCUT2D eigenvalue weighted by atomic mass is 16.1. The summed E-state index contributed by atoms with van der Waals surface area (Å²) in [5.74, 6) is 0.335. The van der Waals surface area contributed by atoms with Crippen molar-refractivity contribution in [2.75, 3.05) is 18.4 Å². The van der Waals surface area contributed by atoms with Crippen molar-refractivity contribution < 1.29 is 4.79 Å². The number of amides is 1. The molecule has 0 spiro atoms. The Labute approximate surface area is 107 Å². The summed E-state index contributed by atoms with van der Waals surface area (Å²) in [6, 6.07) is 3.85. The fourth-order valence-corrected chi connectivity index (χ4v) is 2.26. The number of carbonyl (C=O) groups excluding carboxylic acids is 1. The quantitative estimate of drug-likeness (QED) is 0.746. The number of rotatable bonds is 3. The Hall–Kier alpha value is -1.62. The summed E-state index contributed by atoms with van der Waals surface area (Å²) in [6.45, 7) is 3.96. The van der Waals surface area contributed by atoms with Crippen LogP contribution in [0.1, 0.15) is 35.3 Å². The number of primary amides is 1. The van der Waals surface area contributed by atoms with Crippen molar-refractivity contribution in [3.63, 3.8) is 0 Å². The molecule has 1 saturated heterocycles. The topological polar surface area (TPSA) is 80.0 Å². The minimum Gasteiger partial charge on any atom is -0.367 e. The lowest BCUT2D eigenvalue weighted by atomic mass is 10.1. The molecule has 2 heterocycles. The first kappa shape index (κ1) is 12.8. The van der Waals surface area contributed by atoms with Crippen LogP contribution in [0.15, 0.2) is 12.1 Å². The van der Waals surface area contributed by atoms with Gasteiger partial charge in [0.05, 0.1) is 0 Å². The van der Waals surface area contributed by atoms with Gasteiger partial charge in [-0.1, -0.05) is 0 Å². The molecule has 4 N–H and O–H groups in total. The predicted octanol–water partition coefficient (Wildman–Crippen LogP) is 1.04. The van der Waals surface area contributed by atoms with Crippen molar-refractivity contribution in [1.82, 2.24) is 10.3 Å². The highest BCUT2D eigenvalue weighted by Gasteiger charge is 2.13. The number of nitrogens with zero attached hydrogens (tertiary/aromatic N) is 1. The number of hydrogen-bond acceptors (Lipinski definition) is 4. The molecule has 1 aliphatic heterocycles. The fraction of sp³-hybridized carbons (Fsp3) is 0.538. The number of hydrogen-bond donors (Lipinski definition) is 3. The molecule has 2 rings (SSSR count). The maximum atomic E-state index is 11.2. The van der Waals surface area contributed by atoms with Crippen molar-refractivity contribution in [3.05, 3.63) is 23.4 Å². The van der Waals surface area contributed by atoms with E-state index < -0.39 is 5.91 Å². The predicted molar refractivity (Wildman–Crippen MR) is 71.6 cm³/mol. The monoisotopic (exact) mass is 248 g/mol. The van der Waals surface area contributed by atoms with Crippen LogP contribution in [-0.4, -0.2) is 30.0 Å². The normalized spacial score (nSPS) is 20.2. The summed E-state index contributed by atoms with van der Waals surface area (Å²) in [7, 11) is 0. The standard InChI is InChI=1S/C13H20N4O/c1-9-7-10(13(14)18)8-12(16-9)17-11-3-2-5-15-6-4-11/h7-8,11,15H,2-6H2,1H3,(H2,14,18)(H,16,17). The van der Waals surface area contributed by atoms with E-state index in [0.717, 1.165) is 43.9 Å². The van der Waals surface area contributed by atoms with Gasteiger partial charge in [-0.15, -0.1) is 0 Å². The number of nitrogens with one attached hydrogen (secondary N) is 2. The second-order valence-electron chi connectivity index (χ2n) is 4.77. The third-order valence-electron chi connectivity index (χ3n) is 3.17. The molecule has 0 aliphatic carbocycles. The van der Waals surface area contributed by atoms with Gasteiger partial charge in [0.1, 0.15) is 5.82 Å². The largest absolute Gasteiger partial charge is 0.367 e. The maximum absolute atomic E-state index is 11.2. The number of pyridine rings is 1. The molecule has 0 saturated carbocycles. The van der Waals surface area contributed by atoms with Crippen LogP contribution in [0.3, 0.4) is 0 Å². The number of aromatic nitrogens is 1. The van der Waals surface area contributed by atoms with Gasteiger partial charge in [0.25, 0.3) is 0 Å².